The lowest BCUT2D eigenvalue weighted by Gasteiger charge is -2.11. The highest BCUT2D eigenvalue weighted by atomic mass is 19.1. The highest BCUT2D eigenvalue weighted by Gasteiger charge is 2.07. The molecule has 0 fully saturated rings. The molecule has 3 nitrogen and oxygen atoms in total. The molecule has 0 atom stereocenters. The maximum absolute atomic E-state index is 13.4. The van der Waals surface area contributed by atoms with Gasteiger partial charge in [0.15, 0.2) is 0 Å². The topological polar surface area (TPSA) is 41.1 Å². The molecule has 0 aromatic heterocycles. The van der Waals surface area contributed by atoms with Crippen LogP contribution in [0.5, 0.6) is 0 Å². The van der Waals surface area contributed by atoms with Gasteiger partial charge in [0.1, 0.15) is 5.82 Å². The first-order valence-corrected chi connectivity index (χ1v) is 5.76. The molecule has 17 heavy (non-hydrogen) atoms. The average molecular weight is 238 g/mol. The summed E-state index contributed by atoms with van der Waals surface area (Å²) in [7, 11) is 0. The quantitative estimate of drug-likeness (QED) is 0.826. The summed E-state index contributed by atoms with van der Waals surface area (Å²) in [6.07, 6.45) is 0. The number of para-hydroxylation sites is 1. The van der Waals surface area contributed by atoms with Crippen LogP contribution in [0.1, 0.15) is 19.4 Å². The highest BCUT2D eigenvalue weighted by Crippen LogP contribution is 2.17. The number of aryl methyl sites for hydroxylation is 1. The fourth-order valence-corrected chi connectivity index (χ4v) is 1.40. The summed E-state index contributed by atoms with van der Waals surface area (Å²) in [5.41, 5.74) is 1.19. The molecule has 0 radical (unpaired) electrons. The van der Waals surface area contributed by atoms with Crippen LogP contribution >= 0.6 is 0 Å². The van der Waals surface area contributed by atoms with E-state index >= 15 is 0 Å². The first kappa shape index (κ1) is 13.5. The first-order chi connectivity index (χ1) is 8.00. The zero-order valence-electron chi connectivity index (χ0n) is 10.5. The third-order valence-electron chi connectivity index (χ3n) is 2.36. The van der Waals surface area contributed by atoms with Crippen molar-refractivity contribution in [3.63, 3.8) is 0 Å². The van der Waals surface area contributed by atoms with E-state index in [0.717, 1.165) is 5.56 Å². The van der Waals surface area contributed by atoms with Crippen molar-refractivity contribution < 1.29 is 9.18 Å². The van der Waals surface area contributed by atoms with Crippen LogP contribution in [0.25, 0.3) is 0 Å². The van der Waals surface area contributed by atoms with Crippen LogP contribution in [0.4, 0.5) is 10.1 Å². The fraction of sp³-hybridized carbons (Fsp3) is 0.462. The number of hydrogen-bond acceptors (Lipinski definition) is 2. The van der Waals surface area contributed by atoms with Gasteiger partial charge < -0.3 is 10.6 Å². The van der Waals surface area contributed by atoms with Crippen LogP contribution in [-0.4, -0.2) is 19.0 Å². The molecule has 1 amide bonds. The zero-order chi connectivity index (χ0) is 12.8. The number of carbonyl (C=O) groups is 1. The second-order valence-corrected chi connectivity index (χ2v) is 4.48. The molecule has 4 heteroatoms. The third-order valence-corrected chi connectivity index (χ3v) is 2.36. The van der Waals surface area contributed by atoms with Gasteiger partial charge in [-0.15, -0.1) is 0 Å². The Bertz CT molecular complexity index is 371. The van der Waals surface area contributed by atoms with Gasteiger partial charge in [-0.1, -0.05) is 26.0 Å². The molecule has 94 valence electrons. The second kappa shape index (κ2) is 6.23. The molecule has 2 N–H and O–H groups in total. The maximum Gasteiger partial charge on any atom is 0.239 e. The normalized spacial score (nSPS) is 10.4. The van der Waals surface area contributed by atoms with Crippen molar-refractivity contribution in [3.8, 4) is 0 Å². The van der Waals surface area contributed by atoms with Gasteiger partial charge in [0, 0.05) is 6.54 Å². The lowest BCUT2D eigenvalue weighted by atomic mass is 10.2. The summed E-state index contributed by atoms with van der Waals surface area (Å²) >= 11 is 0. The van der Waals surface area contributed by atoms with Gasteiger partial charge in [-0.2, -0.15) is 0 Å². The molecule has 0 bridgehead atoms. The van der Waals surface area contributed by atoms with E-state index in [-0.39, 0.29) is 18.3 Å². The van der Waals surface area contributed by atoms with Crippen molar-refractivity contribution in [2.24, 2.45) is 5.92 Å². The zero-order valence-corrected chi connectivity index (χ0v) is 10.5. The Hall–Kier alpha value is -1.58. The first-order valence-electron chi connectivity index (χ1n) is 5.76. The number of halogens is 1. The van der Waals surface area contributed by atoms with Gasteiger partial charge in [0.2, 0.25) is 5.91 Å². The smallest absolute Gasteiger partial charge is 0.239 e. The van der Waals surface area contributed by atoms with Gasteiger partial charge in [-0.3, -0.25) is 4.79 Å². The third kappa shape index (κ3) is 4.43. The minimum absolute atomic E-state index is 0.0918. The van der Waals surface area contributed by atoms with Crippen molar-refractivity contribution in [2.45, 2.75) is 20.8 Å². The van der Waals surface area contributed by atoms with Gasteiger partial charge in [0.05, 0.1) is 12.2 Å². The Morgan fingerprint density at radius 2 is 2.12 bits per heavy atom. The minimum Gasteiger partial charge on any atom is -0.374 e. The lowest BCUT2D eigenvalue weighted by molar-refractivity contribution is -0.119. The predicted octanol–water partition coefficient (Wildman–Crippen LogP) is 2.32. The SMILES string of the molecule is Cc1cccc(F)c1NCC(=O)NCC(C)C. The van der Waals surface area contributed by atoms with Crippen molar-refractivity contribution >= 4 is 11.6 Å². The van der Waals surface area contributed by atoms with E-state index in [4.69, 9.17) is 0 Å². The van der Waals surface area contributed by atoms with E-state index in [0.29, 0.717) is 18.2 Å². The van der Waals surface area contributed by atoms with Crippen LogP contribution in [0, 0.1) is 18.7 Å². The van der Waals surface area contributed by atoms with Crippen LogP contribution in [-0.2, 0) is 4.79 Å². The molecule has 1 rings (SSSR count). The van der Waals surface area contributed by atoms with Gasteiger partial charge in [-0.05, 0) is 24.5 Å². The Balaban J connectivity index is 2.47. The molecular weight excluding hydrogens is 219 g/mol. The molecule has 0 aliphatic carbocycles. The monoisotopic (exact) mass is 238 g/mol. The van der Waals surface area contributed by atoms with Gasteiger partial charge >= 0.3 is 0 Å². The summed E-state index contributed by atoms with van der Waals surface area (Å²) in [5.74, 6) is -0.0443. The minimum atomic E-state index is -0.332. The van der Waals surface area contributed by atoms with Crippen LogP contribution < -0.4 is 10.6 Å². The van der Waals surface area contributed by atoms with E-state index in [1.807, 2.05) is 13.8 Å². The Morgan fingerprint density at radius 1 is 1.41 bits per heavy atom. The number of anilines is 1. The summed E-state index contributed by atoms with van der Waals surface area (Å²) in [4.78, 5) is 11.4. The van der Waals surface area contributed by atoms with E-state index in [2.05, 4.69) is 10.6 Å². The lowest BCUT2D eigenvalue weighted by Crippen LogP contribution is -2.32. The molecule has 1 aromatic carbocycles. The Kier molecular flexibility index (Phi) is 4.94. The van der Waals surface area contributed by atoms with Crippen molar-refractivity contribution in [3.05, 3.63) is 29.6 Å². The van der Waals surface area contributed by atoms with Gasteiger partial charge in [-0.25, -0.2) is 4.39 Å². The number of carbonyl (C=O) groups excluding carboxylic acids is 1. The van der Waals surface area contributed by atoms with E-state index < -0.39 is 0 Å². The average Bonchev–Trinajstić information content (AvgIpc) is 2.25. The molecular formula is C13H19FN2O. The van der Waals surface area contributed by atoms with E-state index in [9.17, 15) is 9.18 Å². The highest BCUT2D eigenvalue weighted by molar-refractivity contribution is 5.80. The summed E-state index contributed by atoms with van der Waals surface area (Å²) in [6.45, 7) is 6.58. The molecule has 0 heterocycles. The molecule has 0 aliphatic heterocycles. The number of hydrogen-bond donors (Lipinski definition) is 2. The maximum atomic E-state index is 13.4. The predicted molar refractivity (Wildman–Crippen MR) is 67.5 cm³/mol. The molecule has 0 unspecified atom stereocenters. The number of rotatable bonds is 5. The van der Waals surface area contributed by atoms with Crippen LogP contribution in [0.3, 0.4) is 0 Å². The standard InChI is InChI=1S/C13H19FN2O/c1-9(2)7-15-12(17)8-16-13-10(3)5-4-6-11(13)14/h4-6,9,16H,7-8H2,1-3H3,(H,15,17). The number of benzene rings is 1. The second-order valence-electron chi connectivity index (χ2n) is 4.48. The molecule has 0 aliphatic rings. The Morgan fingerprint density at radius 3 is 2.71 bits per heavy atom. The molecule has 0 saturated carbocycles. The van der Waals surface area contributed by atoms with Crippen molar-refractivity contribution in [1.29, 1.82) is 0 Å². The number of amides is 1. The van der Waals surface area contributed by atoms with Crippen LogP contribution in [0.2, 0.25) is 0 Å². The molecule has 1 aromatic rings. The molecule has 0 saturated heterocycles. The summed E-state index contributed by atoms with van der Waals surface area (Å²) in [6, 6.07) is 4.83. The van der Waals surface area contributed by atoms with Crippen LogP contribution in [0.15, 0.2) is 18.2 Å². The van der Waals surface area contributed by atoms with Crippen molar-refractivity contribution in [2.75, 3.05) is 18.4 Å². The summed E-state index contributed by atoms with van der Waals surface area (Å²) in [5, 5.41) is 5.59. The fourth-order valence-electron chi connectivity index (χ4n) is 1.40. The van der Waals surface area contributed by atoms with E-state index in [1.165, 1.54) is 6.07 Å². The molecule has 0 spiro atoms. The summed E-state index contributed by atoms with van der Waals surface area (Å²) < 4.78 is 13.4. The van der Waals surface area contributed by atoms with Crippen molar-refractivity contribution in [1.82, 2.24) is 5.32 Å². The number of nitrogens with one attached hydrogen (secondary N) is 2. The van der Waals surface area contributed by atoms with E-state index in [1.54, 1.807) is 19.1 Å². The Labute approximate surface area is 101 Å². The largest absolute Gasteiger partial charge is 0.374 e. The van der Waals surface area contributed by atoms with Gasteiger partial charge in [0.25, 0.3) is 0 Å².